The maximum absolute atomic E-state index is 12.2. The Balaban J connectivity index is 2.06. The lowest BCUT2D eigenvalue weighted by Gasteiger charge is -2.20. The lowest BCUT2D eigenvalue weighted by atomic mass is 10.1. The molecule has 4 N–H and O–H groups in total. The molecular formula is C19H22N2O4. The Morgan fingerprint density at radius 2 is 1.76 bits per heavy atom. The highest BCUT2D eigenvalue weighted by atomic mass is 16.3. The SMILES string of the molecule is CC(C)(C)NC(=O)c1cccc(NC(=O)Cc2ccc(O)cc2O)c1. The highest BCUT2D eigenvalue weighted by Gasteiger charge is 2.16. The number of rotatable bonds is 4. The Morgan fingerprint density at radius 3 is 2.40 bits per heavy atom. The summed E-state index contributed by atoms with van der Waals surface area (Å²) < 4.78 is 0. The molecule has 0 spiro atoms. The zero-order valence-corrected chi connectivity index (χ0v) is 14.5. The fraction of sp³-hybridized carbons (Fsp3) is 0.263. The molecule has 132 valence electrons. The summed E-state index contributed by atoms with van der Waals surface area (Å²) in [6, 6.07) is 10.7. The molecule has 0 bridgehead atoms. The lowest BCUT2D eigenvalue weighted by Crippen LogP contribution is -2.40. The number of nitrogens with one attached hydrogen (secondary N) is 2. The van der Waals surface area contributed by atoms with Crippen LogP contribution in [0.3, 0.4) is 0 Å². The number of benzene rings is 2. The number of anilines is 1. The number of aromatic hydroxyl groups is 2. The van der Waals surface area contributed by atoms with Crippen LogP contribution in [0.5, 0.6) is 11.5 Å². The Morgan fingerprint density at radius 1 is 1.04 bits per heavy atom. The zero-order valence-electron chi connectivity index (χ0n) is 14.5. The van der Waals surface area contributed by atoms with Gasteiger partial charge in [-0.3, -0.25) is 9.59 Å². The minimum absolute atomic E-state index is 0.0511. The van der Waals surface area contributed by atoms with E-state index in [0.29, 0.717) is 16.8 Å². The highest BCUT2D eigenvalue weighted by molar-refractivity contribution is 5.98. The third-order valence-corrected chi connectivity index (χ3v) is 3.32. The van der Waals surface area contributed by atoms with E-state index < -0.39 is 0 Å². The molecule has 2 aromatic rings. The molecule has 0 atom stereocenters. The standard InChI is InChI=1S/C19H22N2O4/c1-19(2,3)21-18(25)13-5-4-6-14(9-13)20-17(24)10-12-7-8-15(22)11-16(12)23/h4-9,11,22-23H,10H2,1-3H3,(H,20,24)(H,21,25). The molecule has 0 fully saturated rings. The third kappa shape index (κ3) is 5.53. The second-order valence-electron chi connectivity index (χ2n) is 6.82. The van der Waals surface area contributed by atoms with Gasteiger partial charge in [-0.15, -0.1) is 0 Å². The predicted octanol–water partition coefficient (Wildman–Crippen LogP) is 2.81. The van der Waals surface area contributed by atoms with Crippen LogP contribution in [-0.4, -0.2) is 27.6 Å². The largest absolute Gasteiger partial charge is 0.508 e. The van der Waals surface area contributed by atoms with Crippen molar-refractivity contribution in [3.8, 4) is 11.5 Å². The van der Waals surface area contributed by atoms with Gasteiger partial charge in [-0.2, -0.15) is 0 Å². The zero-order chi connectivity index (χ0) is 18.6. The van der Waals surface area contributed by atoms with E-state index in [-0.39, 0.29) is 35.3 Å². The van der Waals surface area contributed by atoms with E-state index in [1.165, 1.54) is 18.2 Å². The van der Waals surface area contributed by atoms with Crippen molar-refractivity contribution < 1.29 is 19.8 Å². The maximum Gasteiger partial charge on any atom is 0.251 e. The fourth-order valence-corrected chi connectivity index (χ4v) is 2.23. The van der Waals surface area contributed by atoms with E-state index in [0.717, 1.165) is 0 Å². The number of hydrogen-bond donors (Lipinski definition) is 4. The molecule has 0 unspecified atom stereocenters. The van der Waals surface area contributed by atoms with Gasteiger partial charge >= 0.3 is 0 Å². The summed E-state index contributed by atoms with van der Waals surface area (Å²) in [5.74, 6) is -0.776. The van der Waals surface area contributed by atoms with E-state index >= 15 is 0 Å². The summed E-state index contributed by atoms with van der Waals surface area (Å²) in [7, 11) is 0. The molecule has 2 aromatic carbocycles. The monoisotopic (exact) mass is 342 g/mol. The van der Waals surface area contributed by atoms with Crippen LogP contribution in [-0.2, 0) is 11.2 Å². The Hall–Kier alpha value is -3.02. The molecule has 0 heterocycles. The summed E-state index contributed by atoms with van der Waals surface area (Å²) in [6.45, 7) is 5.67. The molecule has 0 aliphatic heterocycles. The smallest absolute Gasteiger partial charge is 0.251 e. The van der Waals surface area contributed by atoms with Crippen LogP contribution >= 0.6 is 0 Å². The Kier molecular flexibility index (Phi) is 5.32. The van der Waals surface area contributed by atoms with Gasteiger partial charge in [-0.05, 0) is 45.0 Å². The molecule has 0 radical (unpaired) electrons. The first-order chi connectivity index (χ1) is 11.6. The second-order valence-corrected chi connectivity index (χ2v) is 6.82. The molecule has 0 aromatic heterocycles. The van der Waals surface area contributed by atoms with Gasteiger partial charge in [0.25, 0.3) is 5.91 Å². The summed E-state index contributed by atoms with van der Waals surface area (Å²) in [4.78, 5) is 24.3. The molecule has 25 heavy (non-hydrogen) atoms. The van der Waals surface area contributed by atoms with Gasteiger partial charge in [0, 0.05) is 28.4 Å². The summed E-state index contributed by atoms with van der Waals surface area (Å²) >= 11 is 0. The average molecular weight is 342 g/mol. The Bertz CT molecular complexity index is 794. The van der Waals surface area contributed by atoms with Crippen molar-refractivity contribution in [3.05, 3.63) is 53.6 Å². The fourth-order valence-electron chi connectivity index (χ4n) is 2.23. The van der Waals surface area contributed by atoms with Crippen LogP contribution in [0.1, 0.15) is 36.7 Å². The van der Waals surface area contributed by atoms with Crippen LogP contribution in [0.2, 0.25) is 0 Å². The minimum Gasteiger partial charge on any atom is -0.508 e. The third-order valence-electron chi connectivity index (χ3n) is 3.32. The molecule has 0 saturated carbocycles. The number of phenolic OH excluding ortho intramolecular Hbond substituents is 2. The minimum atomic E-state index is -0.354. The highest BCUT2D eigenvalue weighted by Crippen LogP contribution is 2.23. The van der Waals surface area contributed by atoms with Crippen molar-refractivity contribution in [1.82, 2.24) is 5.32 Å². The van der Waals surface area contributed by atoms with Crippen molar-refractivity contribution in [2.24, 2.45) is 0 Å². The number of carbonyl (C=O) groups is 2. The van der Waals surface area contributed by atoms with Gasteiger partial charge in [-0.1, -0.05) is 12.1 Å². The average Bonchev–Trinajstić information content (AvgIpc) is 2.48. The van der Waals surface area contributed by atoms with E-state index in [1.54, 1.807) is 24.3 Å². The van der Waals surface area contributed by atoms with Crippen molar-refractivity contribution >= 4 is 17.5 Å². The van der Waals surface area contributed by atoms with Crippen LogP contribution in [0.25, 0.3) is 0 Å². The molecule has 0 aliphatic carbocycles. The predicted molar refractivity (Wildman–Crippen MR) is 95.8 cm³/mol. The molecule has 0 saturated heterocycles. The maximum atomic E-state index is 12.2. The topological polar surface area (TPSA) is 98.7 Å². The lowest BCUT2D eigenvalue weighted by molar-refractivity contribution is -0.115. The molecule has 2 rings (SSSR count). The summed E-state index contributed by atoms with van der Waals surface area (Å²) in [5, 5.41) is 24.6. The van der Waals surface area contributed by atoms with Gasteiger partial charge in [-0.25, -0.2) is 0 Å². The number of phenols is 2. The van der Waals surface area contributed by atoms with E-state index in [4.69, 9.17) is 0 Å². The second kappa shape index (κ2) is 7.25. The molecule has 6 nitrogen and oxygen atoms in total. The van der Waals surface area contributed by atoms with Gasteiger partial charge in [0.15, 0.2) is 0 Å². The van der Waals surface area contributed by atoms with Crippen molar-refractivity contribution in [2.75, 3.05) is 5.32 Å². The summed E-state index contributed by atoms with van der Waals surface area (Å²) in [5.41, 5.74) is 0.981. The van der Waals surface area contributed by atoms with Crippen LogP contribution in [0.4, 0.5) is 5.69 Å². The van der Waals surface area contributed by atoms with Crippen LogP contribution in [0.15, 0.2) is 42.5 Å². The van der Waals surface area contributed by atoms with E-state index in [9.17, 15) is 19.8 Å². The van der Waals surface area contributed by atoms with Gasteiger partial charge < -0.3 is 20.8 Å². The van der Waals surface area contributed by atoms with Crippen molar-refractivity contribution in [2.45, 2.75) is 32.7 Å². The normalized spacial score (nSPS) is 11.0. The van der Waals surface area contributed by atoms with Gasteiger partial charge in [0.05, 0.1) is 6.42 Å². The summed E-state index contributed by atoms with van der Waals surface area (Å²) in [6.07, 6.45) is -0.0511. The van der Waals surface area contributed by atoms with Crippen molar-refractivity contribution in [3.63, 3.8) is 0 Å². The van der Waals surface area contributed by atoms with E-state index in [2.05, 4.69) is 10.6 Å². The van der Waals surface area contributed by atoms with E-state index in [1.807, 2.05) is 20.8 Å². The number of amides is 2. The quantitative estimate of drug-likeness (QED) is 0.686. The van der Waals surface area contributed by atoms with Crippen LogP contribution < -0.4 is 10.6 Å². The van der Waals surface area contributed by atoms with Gasteiger partial charge in [0.1, 0.15) is 11.5 Å². The number of hydrogen-bond acceptors (Lipinski definition) is 4. The van der Waals surface area contributed by atoms with Crippen LogP contribution in [0, 0.1) is 0 Å². The number of carbonyl (C=O) groups excluding carboxylic acids is 2. The van der Waals surface area contributed by atoms with Crippen molar-refractivity contribution in [1.29, 1.82) is 0 Å². The molecule has 6 heteroatoms. The van der Waals surface area contributed by atoms with Gasteiger partial charge in [0.2, 0.25) is 5.91 Å². The molecule has 2 amide bonds. The Labute approximate surface area is 146 Å². The first kappa shape index (κ1) is 18.3. The molecule has 0 aliphatic rings. The molecular weight excluding hydrogens is 320 g/mol. The first-order valence-corrected chi connectivity index (χ1v) is 7.87. The first-order valence-electron chi connectivity index (χ1n) is 7.87.